The summed E-state index contributed by atoms with van der Waals surface area (Å²) in [7, 11) is 0. The Labute approximate surface area is 114 Å². The third kappa shape index (κ3) is 3.78. The van der Waals surface area contributed by atoms with Crippen molar-refractivity contribution >= 4 is 23.8 Å². The molecular formula is C16H19N3. The molecule has 1 aromatic carbocycles. The SMILES string of the molecule is C=C(/C(C=N)=C/C=C/C)c1cc(N=CN)ccc1C. The van der Waals surface area contributed by atoms with Gasteiger partial charge in [-0.05, 0) is 48.3 Å². The van der Waals surface area contributed by atoms with Crippen LogP contribution in [0.3, 0.4) is 0 Å². The Morgan fingerprint density at radius 2 is 2.16 bits per heavy atom. The van der Waals surface area contributed by atoms with Crippen molar-refractivity contribution in [2.24, 2.45) is 10.7 Å². The second kappa shape index (κ2) is 7.11. The monoisotopic (exact) mass is 253 g/mol. The van der Waals surface area contributed by atoms with E-state index in [2.05, 4.69) is 11.6 Å². The number of hydrogen-bond donors (Lipinski definition) is 2. The van der Waals surface area contributed by atoms with Crippen molar-refractivity contribution in [1.82, 2.24) is 0 Å². The van der Waals surface area contributed by atoms with Gasteiger partial charge in [0.25, 0.3) is 0 Å². The molecule has 0 spiro atoms. The summed E-state index contributed by atoms with van der Waals surface area (Å²) in [6.45, 7) is 8.02. The highest BCUT2D eigenvalue weighted by atomic mass is 14.8. The van der Waals surface area contributed by atoms with Crippen LogP contribution in [-0.2, 0) is 0 Å². The number of allylic oxidation sites excluding steroid dienone is 5. The van der Waals surface area contributed by atoms with Gasteiger partial charge in [-0.25, -0.2) is 4.99 Å². The van der Waals surface area contributed by atoms with Crippen LogP contribution in [0.5, 0.6) is 0 Å². The van der Waals surface area contributed by atoms with Crippen molar-refractivity contribution < 1.29 is 0 Å². The second-order valence-electron chi connectivity index (χ2n) is 4.05. The second-order valence-corrected chi connectivity index (χ2v) is 4.05. The summed E-state index contributed by atoms with van der Waals surface area (Å²) in [6, 6.07) is 5.79. The molecule has 19 heavy (non-hydrogen) atoms. The summed E-state index contributed by atoms with van der Waals surface area (Å²) in [6.07, 6.45) is 8.25. The van der Waals surface area contributed by atoms with Crippen molar-refractivity contribution in [3.63, 3.8) is 0 Å². The lowest BCUT2D eigenvalue weighted by molar-refractivity contribution is 1.39. The van der Waals surface area contributed by atoms with Gasteiger partial charge in [0.1, 0.15) is 0 Å². The lowest BCUT2D eigenvalue weighted by Gasteiger charge is -2.10. The minimum Gasteiger partial charge on any atom is -0.390 e. The quantitative estimate of drug-likeness (QED) is 0.468. The lowest BCUT2D eigenvalue weighted by Crippen LogP contribution is -1.93. The molecule has 0 aliphatic rings. The van der Waals surface area contributed by atoms with Crippen molar-refractivity contribution in [1.29, 1.82) is 5.41 Å². The minimum absolute atomic E-state index is 0.773. The molecule has 0 aliphatic heterocycles. The minimum atomic E-state index is 0.773. The van der Waals surface area contributed by atoms with Gasteiger partial charge in [-0.15, -0.1) is 0 Å². The Balaban J connectivity index is 3.24. The topological polar surface area (TPSA) is 62.2 Å². The molecule has 0 radical (unpaired) electrons. The molecule has 0 amide bonds. The molecule has 0 aromatic heterocycles. The van der Waals surface area contributed by atoms with Gasteiger partial charge in [0.2, 0.25) is 0 Å². The van der Waals surface area contributed by atoms with E-state index in [1.807, 2.05) is 50.3 Å². The van der Waals surface area contributed by atoms with E-state index in [0.717, 1.165) is 28.0 Å². The first-order valence-electron chi connectivity index (χ1n) is 6.02. The first-order chi connectivity index (χ1) is 9.13. The van der Waals surface area contributed by atoms with E-state index in [1.54, 1.807) is 0 Å². The van der Waals surface area contributed by atoms with Gasteiger partial charge < -0.3 is 11.1 Å². The van der Waals surface area contributed by atoms with Crippen LogP contribution in [0.1, 0.15) is 18.1 Å². The summed E-state index contributed by atoms with van der Waals surface area (Å²) < 4.78 is 0. The highest BCUT2D eigenvalue weighted by Crippen LogP contribution is 2.27. The molecule has 0 unspecified atom stereocenters. The van der Waals surface area contributed by atoms with Crippen LogP contribution in [0.25, 0.3) is 5.57 Å². The van der Waals surface area contributed by atoms with Gasteiger partial charge in [0.15, 0.2) is 0 Å². The Hall–Kier alpha value is -2.42. The van der Waals surface area contributed by atoms with Crippen LogP contribution >= 0.6 is 0 Å². The van der Waals surface area contributed by atoms with E-state index in [4.69, 9.17) is 11.1 Å². The number of aliphatic imine (C=N–C) groups is 1. The van der Waals surface area contributed by atoms with Crippen LogP contribution in [-0.4, -0.2) is 12.6 Å². The highest BCUT2D eigenvalue weighted by molar-refractivity contribution is 6.00. The molecule has 98 valence electrons. The molecule has 0 fully saturated rings. The average Bonchev–Trinajstić information content (AvgIpc) is 2.42. The average molecular weight is 253 g/mol. The van der Waals surface area contributed by atoms with E-state index < -0.39 is 0 Å². The molecule has 3 N–H and O–H groups in total. The lowest BCUT2D eigenvalue weighted by atomic mass is 9.95. The van der Waals surface area contributed by atoms with Crippen LogP contribution in [0, 0.1) is 12.3 Å². The summed E-state index contributed by atoms with van der Waals surface area (Å²) >= 11 is 0. The predicted molar refractivity (Wildman–Crippen MR) is 84.2 cm³/mol. The zero-order valence-corrected chi connectivity index (χ0v) is 11.4. The molecule has 1 aromatic rings. The maximum Gasteiger partial charge on any atom is 0.0860 e. The van der Waals surface area contributed by atoms with Crippen molar-refractivity contribution in [3.05, 3.63) is 59.7 Å². The Bertz CT molecular complexity index is 563. The maximum atomic E-state index is 7.49. The van der Waals surface area contributed by atoms with E-state index in [9.17, 15) is 0 Å². The molecule has 0 heterocycles. The van der Waals surface area contributed by atoms with Crippen molar-refractivity contribution in [2.75, 3.05) is 0 Å². The molecule has 0 bridgehead atoms. The number of nitrogens with zero attached hydrogens (tertiary/aromatic N) is 1. The number of hydrogen-bond acceptors (Lipinski definition) is 2. The zero-order valence-electron chi connectivity index (χ0n) is 11.4. The number of benzene rings is 1. The van der Waals surface area contributed by atoms with Crippen LogP contribution in [0.4, 0.5) is 5.69 Å². The molecule has 3 heteroatoms. The zero-order chi connectivity index (χ0) is 14.3. The smallest absolute Gasteiger partial charge is 0.0860 e. The van der Waals surface area contributed by atoms with Gasteiger partial charge in [0, 0.05) is 6.21 Å². The standard InChI is InChI=1S/C16H19N3/c1-4-5-6-14(10-17)13(3)16-9-15(19-11-18)8-7-12(16)2/h4-11,17H,3H2,1-2H3,(H2,18,19)/b5-4+,14-6+,17-10?. The maximum absolute atomic E-state index is 7.49. The van der Waals surface area contributed by atoms with Crippen LogP contribution < -0.4 is 5.73 Å². The number of nitrogens with one attached hydrogen (secondary N) is 1. The summed E-state index contributed by atoms with van der Waals surface area (Å²) in [5.74, 6) is 0. The van der Waals surface area contributed by atoms with Gasteiger partial charge in [-0.1, -0.05) is 30.9 Å². The van der Waals surface area contributed by atoms with E-state index >= 15 is 0 Å². The number of nitrogens with two attached hydrogens (primary N) is 1. The first kappa shape index (κ1) is 14.6. The molecule has 0 saturated carbocycles. The molecule has 0 atom stereocenters. The third-order valence-electron chi connectivity index (χ3n) is 2.74. The first-order valence-corrected chi connectivity index (χ1v) is 6.02. The third-order valence-corrected chi connectivity index (χ3v) is 2.74. The van der Waals surface area contributed by atoms with Crippen molar-refractivity contribution in [2.45, 2.75) is 13.8 Å². The fraction of sp³-hybridized carbons (Fsp3) is 0.125. The van der Waals surface area contributed by atoms with Crippen molar-refractivity contribution in [3.8, 4) is 0 Å². The van der Waals surface area contributed by atoms with E-state index in [-0.39, 0.29) is 0 Å². The highest BCUT2D eigenvalue weighted by Gasteiger charge is 2.07. The van der Waals surface area contributed by atoms with E-state index in [1.165, 1.54) is 12.6 Å². The van der Waals surface area contributed by atoms with E-state index in [0.29, 0.717) is 0 Å². The van der Waals surface area contributed by atoms with Crippen LogP contribution in [0.2, 0.25) is 0 Å². The number of aryl methyl sites for hydroxylation is 1. The molecule has 3 nitrogen and oxygen atoms in total. The number of rotatable bonds is 5. The molecule has 0 saturated heterocycles. The Morgan fingerprint density at radius 3 is 2.74 bits per heavy atom. The fourth-order valence-electron chi connectivity index (χ4n) is 1.69. The Morgan fingerprint density at radius 1 is 1.42 bits per heavy atom. The predicted octanol–water partition coefficient (Wildman–Crippen LogP) is 3.78. The summed E-state index contributed by atoms with van der Waals surface area (Å²) in [5, 5.41) is 7.49. The normalized spacial score (nSPS) is 12.2. The van der Waals surface area contributed by atoms with Gasteiger partial charge in [-0.3, -0.25) is 0 Å². The fourth-order valence-corrected chi connectivity index (χ4v) is 1.69. The Kier molecular flexibility index (Phi) is 5.48. The van der Waals surface area contributed by atoms with Gasteiger partial charge >= 0.3 is 0 Å². The van der Waals surface area contributed by atoms with Gasteiger partial charge in [0.05, 0.1) is 12.0 Å². The van der Waals surface area contributed by atoms with Gasteiger partial charge in [-0.2, -0.15) is 0 Å². The molecule has 1 rings (SSSR count). The molecule has 0 aliphatic carbocycles. The summed E-state index contributed by atoms with van der Waals surface area (Å²) in [5.41, 5.74) is 9.73. The summed E-state index contributed by atoms with van der Waals surface area (Å²) in [4.78, 5) is 4.06. The molecular weight excluding hydrogens is 234 g/mol. The largest absolute Gasteiger partial charge is 0.390 e. The van der Waals surface area contributed by atoms with Crippen LogP contribution in [0.15, 0.2) is 53.6 Å².